The van der Waals surface area contributed by atoms with Gasteiger partial charge in [0.15, 0.2) is 0 Å². The van der Waals surface area contributed by atoms with Gasteiger partial charge in [-0.15, -0.1) is 0 Å². The van der Waals surface area contributed by atoms with Crippen LogP contribution in [0.15, 0.2) is 12.1 Å². The Bertz CT molecular complexity index is 340. The number of rotatable bonds is 3. The van der Waals surface area contributed by atoms with E-state index in [1.807, 2.05) is 0 Å². The zero-order valence-electron chi connectivity index (χ0n) is 11.1. The largest absolute Gasteiger partial charge is 0.492 e. The van der Waals surface area contributed by atoms with Crippen LogP contribution in [0.1, 0.15) is 37.5 Å². The number of ether oxygens (including phenoxy) is 1. The lowest BCUT2D eigenvalue weighted by atomic mass is 9.85. The zero-order valence-corrected chi connectivity index (χ0v) is 11.1. The Hall–Kier alpha value is -1.02. The number of nitrogens with two attached hydrogens (primary N) is 1. The highest BCUT2D eigenvalue weighted by Crippen LogP contribution is 2.30. The molecule has 2 nitrogen and oxygen atoms in total. The number of aryl methyl sites for hydroxylation is 2. The van der Waals surface area contributed by atoms with Gasteiger partial charge in [-0.2, -0.15) is 0 Å². The van der Waals surface area contributed by atoms with E-state index in [0.29, 0.717) is 13.2 Å². The molecule has 16 heavy (non-hydrogen) atoms. The van der Waals surface area contributed by atoms with Crippen molar-refractivity contribution in [3.8, 4) is 5.75 Å². The van der Waals surface area contributed by atoms with Gasteiger partial charge in [-0.1, -0.05) is 32.9 Å². The maximum Gasteiger partial charge on any atom is 0.125 e. The van der Waals surface area contributed by atoms with Crippen LogP contribution in [0.25, 0.3) is 0 Å². The van der Waals surface area contributed by atoms with Gasteiger partial charge in [-0.25, -0.2) is 0 Å². The zero-order chi connectivity index (χ0) is 12.3. The summed E-state index contributed by atoms with van der Waals surface area (Å²) in [5.74, 6) is 0.985. The number of benzene rings is 1. The normalized spacial score (nSPS) is 11.6. The molecule has 0 aliphatic carbocycles. The van der Waals surface area contributed by atoms with Crippen LogP contribution in [0.3, 0.4) is 0 Å². The molecule has 2 N–H and O–H groups in total. The lowest BCUT2D eigenvalue weighted by Gasteiger charge is -2.22. The Morgan fingerprint density at radius 1 is 1.12 bits per heavy atom. The maximum absolute atomic E-state index is 5.66. The molecule has 0 bridgehead atoms. The third-order valence-electron chi connectivity index (χ3n) is 2.69. The minimum Gasteiger partial charge on any atom is -0.492 e. The minimum absolute atomic E-state index is 0.182. The van der Waals surface area contributed by atoms with Gasteiger partial charge < -0.3 is 10.5 Å². The van der Waals surface area contributed by atoms with Crippen LogP contribution in [0.2, 0.25) is 0 Å². The van der Waals surface area contributed by atoms with E-state index in [1.165, 1.54) is 16.7 Å². The second-order valence-corrected chi connectivity index (χ2v) is 5.33. The van der Waals surface area contributed by atoms with E-state index in [0.717, 1.165) is 5.75 Å². The molecule has 0 aromatic heterocycles. The van der Waals surface area contributed by atoms with E-state index in [2.05, 4.69) is 46.8 Å². The smallest absolute Gasteiger partial charge is 0.125 e. The van der Waals surface area contributed by atoms with Crippen molar-refractivity contribution in [3.05, 3.63) is 28.8 Å². The van der Waals surface area contributed by atoms with Crippen molar-refractivity contribution >= 4 is 0 Å². The van der Waals surface area contributed by atoms with Crippen molar-refractivity contribution in [2.75, 3.05) is 13.2 Å². The van der Waals surface area contributed by atoms with Gasteiger partial charge in [0.05, 0.1) is 0 Å². The van der Waals surface area contributed by atoms with Crippen molar-refractivity contribution in [2.24, 2.45) is 5.73 Å². The van der Waals surface area contributed by atoms with Gasteiger partial charge in [0.1, 0.15) is 12.4 Å². The molecule has 0 aliphatic rings. The Balaban J connectivity index is 3.08. The summed E-state index contributed by atoms with van der Waals surface area (Å²) in [6.45, 7) is 12.0. The quantitative estimate of drug-likeness (QED) is 0.851. The monoisotopic (exact) mass is 221 g/mol. The van der Waals surface area contributed by atoms with Crippen molar-refractivity contribution in [1.29, 1.82) is 0 Å². The van der Waals surface area contributed by atoms with Gasteiger partial charge in [-0.3, -0.25) is 0 Å². The third kappa shape index (κ3) is 2.99. The standard InChI is InChI=1S/C14H23NO/c1-10-8-12(14(3,4)5)9-11(2)13(10)16-7-6-15/h8-9H,6-7,15H2,1-5H3. The molecule has 0 fully saturated rings. The summed E-state index contributed by atoms with van der Waals surface area (Å²) in [4.78, 5) is 0. The minimum atomic E-state index is 0.182. The van der Waals surface area contributed by atoms with Crippen LogP contribution in [-0.4, -0.2) is 13.2 Å². The average molecular weight is 221 g/mol. The molecule has 0 aliphatic heterocycles. The highest BCUT2D eigenvalue weighted by molar-refractivity contribution is 5.45. The van der Waals surface area contributed by atoms with Gasteiger partial charge in [0.2, 0.25) is 0 Å². The van der Waals surface area contributed by atoms with Crippen LogP contribution >= 0.6 is 0 Å². The Labute approximate surface area is 98.8 Å². The molecule has 2 heteroatoms. The Morgan fingerprint density at radius 2 is 1.62 bits per heavy atom. The van der Waals surface area contributed by atoms with Crippen LogP contribution in [0.4, 0.5) is 0 Å². The third-order valence-corrected chi connectivity index (χ3v) is 2.69. The summed E-state index contributed by atoms with van der Waals surface area (Å²) < 4.78 is 5.66. The molecule has 0 unspecified atom stereocenters. The summed E-state index contributed by atoms with van der Waals surface area (Å²) in [6, 6.07) is 4.41. The molecular formula is C14H23NO. The van der Waals surface area contributed by atoms with Crippen LogP contribution in [0.5, 0.6) is 5.75 Å². The van der Waals surface area contributed by atoms with Gasteiger partial charge >= 0.3 is 0 Å². The van der Waals surface area contributed by atoms with E-state index in [9.17, 15) is 0 Å². The summed E-state index contributed by atoms with van der Waals surface area (Å²) in [6.07, 6.45) is 0. The van der Waals surface area contributed by atoms with E-state index in [-0.39, 0.29) is 5.41 Å². The first-order chi connectivity index (χ1) is 7.36. The SMILES string of the molecule is Cc1cc(C(C)(C)C)cc(C)c1OCCN. The average Bonchev–Trinajstić information content (AvgIpc) is 2.15. The summed E-state index contributed by atoms with van der Waals surface area (Å²) in [5.41, 5.74) is 9.37. The molecule has 90 valence electrons. The van der Waals surface area contributed by atoms with Crippen molar-refractivity contribution in [3.63, 3.8) is 0 Å². The van der Waals surface area contributed by atoms with Crippen molar-refractivity contribution in [1.82, 2.24) is 0 Å². The highest BCUT2D eigenvalue weighted by atomic mass is 16.5. The number of hydrogen-bond acceptors (Lipinski definition) is 2. The molecule has 0 saturated heterocycles. The maximum atomic E-state index is 5.66. The van der Waals surface area contributed by atoms with Gasteiger partial charge in [0, 0.05) is 6.54 Å². The number of hydrogen-bond donors (Lipinski definition) is 1. The lowest BCUT2D eigenvalue weighted by molar-refractivity contribution is 0.323. The molecule has 0 radical (unpaired) electrons. The molecule has 1 aromatic carbocycles. The summed E-state index contributed by atoms with van der Waals surface area (Å²) >= 11 is 0. The fourth-order valence-corrected chi connectivity index (χ4v) is 1.77. The van der Waals surface area contributed by atoms with Crippen LogP contribution in [-0.2, 0) is 5.41 Å². The first kappa shape index (κ1) is 13.0. The van der Waals surface area contributed by atoms with E-state index >= 15 is 0 Å². The molecule has 0 spiro atoms. The lowest BCUT2D eigenvalue weighted by Crippen LogP contribution is -2.14. The van der Waals surface area contributed by atoms with Crippen molar-refractivity contribution in [2.45, 2.75) is 40.0 Å². The molecule has 0 amide bonds. The van der Waals surface area contributed by atoms with Crippen LogP contribution < -0.4 is 10.5 Å². The fraction of sp³-hybridized carbons (Fsp3) is 0.571. The molecule has 0 atom stereocenters. The first-order valence-corrected chi connectivity index (χ1v) is 5.81. The molecular weight excluding hydrogens is 198 g/mol. The Morgan fingerprint density at radius 3 is 2.00 bits per heavy atom. The second-order valence-electron chi connectivity index (χ2n) is 5.33. The summed E-state index contributed by atoms with van der Waals surface area (Å²) in [7, 11) is 0. The molecule has 0 saturated carbocycles. The molecule has 1 aromatic rings. The summed E-state index contributed by atoms with van der Waals surface area (Å²) in [5, 5.41) is 0. The molecule has 0 heterocycles. The Kier molecular flexibility index (Phi) is 3.98. The van der Waals surface area contributed by atoms with Gasteiger partial charge in [0.25, 0.3) is 0 Å². The fourth-order valence-electron chi connectivity index (χ4n) is 1.77. The van der Waals surface area contributed by atoms with Crippen LogP contribution in [0, 0.1) is 13.8 Å². The van der Waals surface area contributed by atoms with Gasteiger partial charge in [-0.05, 0) is 36.0 Å². The van der Waals surface area contributed by atoms with Crippen molar-refractivity contribution < 1.29 is 4.74 Å². The topological polar surface area (TPSA) is 35.2 Å². The predicted molar refractivity (Wildman–Crippen MR) is 69.2 cm³/mol. The molecule has 1 rings (SSSR count). The first-order valence-electron chi connectivity index (χ1n) is 5.81. The highest BCUT2D eigenvalue weighted by Gasteiger charge is 2.16. The van der Waals surface area contributed by atoms with E-state index in [1.54, 1.807) is 0 Å². The second kappa shape index (κ2) is 4.88. The van der Waals surface area contributed by atoms with E-state index in [4.69, 9.17) is 10.5 Å². The van der Waals surface area contributed by atoms with E-state index < -0.39 is 0 Å². The predicted octanol–water partition coefficient (Wildman–Crippen LogP) is 2.94.